The first-order chi connectivity index (χ1) is 4.91. The van der Waals surface area contributed by atoms with Crippen molar-refractivity contribution in [3.05, 3.63) is 0 Å². The molecule has 0 aliphatic heterocycles. The van der Waals surface area contributed by atoms with Crippen molar-refractivity contribution in [3.8, 4) is 0 Å². The zero-order valence-electron chi connectivity index (χ0n) is 6.76. The summed E-state index contributed by atoms with van der Waals surface area (Å²) >= 11 is 0. The van der Waals surface area contributed by atoms with Crippen molar-refractivity contribution < 1.29 is 14.2 Å². The van der Waals surface area contributed by atoms with Crippen LogP contribution in [0.15, 0.2) is 0 Å². The molecule has 0 bridgehead atoms. The minimum atomic E-state index is 0.403. The van der Waals surface area contributed by atoms with E-state index in [4.69, 9.17) is 14.2 Å². The molecule has 0 rings (SSSR count). The van der Waals surface area contributed by atoms with Crippen molar-refractivity contribution in [3.63, 3.8) is 0 Å². The zero-order chi connectivity index (χ0) is 7.66. The summed E-state index contributed by atoms with van der Waals surface area (Å²) in [6, 6.07) is 0. The third kappa shape index (κ3) is 7.88. The van der Waals surface area contributed by atoms with Crippen LogP contribution >= 0.6 is 0 Å². The summed E-state index contributed by atoms with van der Waals surface area (Å²) in [6.07, 6.45) is 0.934. The van der Waals surface area contributed by atoms with Gasteiger partial charge in [-0.15, -0.1) is 0 Å². The van der Waals surface area contributed by atoms with Crippen LogP contribution in [-0.4, -0.2) is 33.7 Å². The minimum Gasteiger partial charge on any atom is -0.385 e. The van der Waals surface area contributed by atoms with Gasteiger partial charge < -0.3 is 14.2 Å². The molecule has 0 aliphatic rings. The molecule has 0 unspecified atom stereocenters. The van der Waals surface area contributed by atoms with Gasteiger partial charge in [0.2, 0.25) is 0 Å². The normalized spacial score (nSPS) is 10.2. The molecule has 0 atom stereocenters. The maximum Gasteiger partial charge on any atom is 0.146 e. The first-order valence-corrected chi connectivity index (χ1v) is 3.56. The van der Waals surface area contributed by atoms with Crippen molar-refractivity contribution in [2.24, 2.45) is 0 Å². The molecule has 0 aromatic heterocycles. The van der Waals surface area contributed by atoms with E-state index in [1.54, 1.807) is 7.11 Å². The van der Waals surface area contributed by atoms with Gasteiger partial charge in [-0.1, -0.05) is 0 Å². The Balaban J connectivity index is 2.65. The molecule has 0 aliphatic carbocycles. The summed E-state index contributed by atoms with van der Waals surface area (Å²) in [6.45, 7) is 4.53. The minimum absolute atomic E-state index is 0.403. The molecule has 0 spiro atoms. The molecule has 62 valence electrons. The van der Waals surface area contributed by atoms with Crippen LogP contribution in [0.4, 0.5) is 0 Å². The number of ether oxygens (including phenoxy) is 3. The van der Waals surface area contributed by atoms with E-state index in [0.717, 1.165) is 13.0 Å². The van der Waals surface area contributed by atoms with Gasteiger partial charge in [0, 0.05) is 20.3 Å². The van der Waals surface area contributed by atoms with Crippen molar-refractivity contribution >= 4 is 0 Å². The van der Waals surface area contributed by atoms with Gasteiger partial charge in [-0.2, -0.15) is 0 Å². The van der Waals surface area contributed by atoms with Gasteiger partial charge in [0.1, 0.15) is 6.79 Å². The Bertz CT molecular complexity index is 48.8. The van der Waals surface area contributed by atoms with Crippen LogP contribution in [0.5, 0.6) is 0 Å². The standard InChI is InChI=1S/C7H16O3/c1-3-9-7-10-6-4-5-8-2/h3-7H2,1-2H3. The van der Waals surface area contributed by atoms with E-state index in [1.807, 2.05) is 6.92 Å². The monoisotopic (exact) mass is 148 g/mol. The molecule has 0 amide bonds. The highest BCUT2D eigenvalue weighted by atomic mass is 16.7. The van der Waals surface area contributed by atoms with Gasteiger partial charge in [0.25, 0.3) is 0 Å². The predicted octanol–water partition coefficient (Wildman–Crippen LogP) is 1.03. The maximum absolute atomic E-state index is 5.07. The fraction of sp³-hybridized carbons (Fsp3) is 1.00. The van der Waals surface area contributed by atoms with E-state index in [0.29, 0.717) is 20.0 Å². The van der Waals surface area contributed by atoms with Crippen molar-refractivity contribution in [1.29, 1.82) is 0 Å². The van der Waals surface area contributed by atoms with Gasteiger partial charge in [-0.3, -0.25) is 0 Å². The molecule has 0 radical (unpaired) electrons. The molecule has 0 heterocycles. The van der Waals surface area contributed by atoms with E-state index in [1.165, 1.54) is 0 Å². The number of hydrogen-bond acceptors (Lipinski definition) is 3. The largest absolute Gasteiger partial charge is 0.385 e. The molecular weight excluding hydrogens is 132 g/mol. The Hall–Kier alpha value is -0.120. The second kappa shape index (κ2) is 8.88. The number of rotatable bonds is 7. The summed E-state index contributed by atoms with van der Waals surface area (Å²) in [4.78, 5) is 0. The van der Waals surface area contributed by atoms with E-state index in [2.05, 4.69) is 0 Å². The molecule has 0 fully saturated rings. The predicted molar refractivity (Wildman–Crippen MR) is 38.9 cm³/mol. The van der Waals surface area contributed by atoms with Gasteiger partial charge in [-0.05, 0) is 13.3 Å². The first-order valence-electron chi connectivity index (χ1n) is 3.56. The van der Waals surface area contributed by atoms with Crippen LogP contribution in [0.25, 0.3) is 0 Å². The Kier molecular flexibility index (Phi) is 8.77. The summed E-state index contributed by atoms with van der Waals surface area (Å²) in [5, 5.41) is 0. The fourth-order valence-corrected chi connectivity index (χ4v) is 0.507. The average molecular weight is 148 g/mol. The van der Waals surface area contributed by atoms with Crippen LogP contribution in [-0.2, 0) is 14.2 Å². The van der Waals surface area contributed by atoms with Gasteiger partial charge in [-0.25, -0.2) is 0 Å². The van der Waals surface area contributed by atoms with Crippen molar-refractivity contribution in [2.45, 2.75) is 13.3 Å². The Labute approximate surface area is 62.3 Å². The Morgan fingerprint density at radius 2 is 1.90 bits per heavy atom. The average Bonchev–Trinajstić information content (AvgIpc) is 1.97. The Morgan fingerprint density at radius 1 is 1.10 bits per heavy atom. The molecule has 0 saturated heterocycles. The molecule has 3 nitrogen and oxygen atoms in total. The highest BCUT2D eigenvalue weighted by Crippen LogP contribution is 1.83. The molecule has 3 heteroatoms. The highest BCUT2D eigenvalue weighted by Gasteiger charge is 1.86. The highest BCUT2D eigenvalue weighted by molar-refractivity contribution is 4.29. The van der Waals surface area contributed by atoms with E-state index in [9.17, 15) is 0 Å². The number of methoxy groups -OCH3 is 1. The van der Waals surface area contributed by atoms with E-state index in [-0.39, 0.29) is 0 Å². The molecule has 0 N–H and O–H groups in total. The molecular formula is C7H16O3. The maximum atomic E-state index is 5.07. The van der Waals surface area contributed by atoms with E-state index < -0.39 is 0 Å². The molecule has 0 aromatic rings. The Morgan fingerprint density at radius 3 is 2.50 bits per heavy atom. The smallest absolute Gasteiger partial charge is 0.146 e. The quantitative estimate of drug-likeness (QED) is 0.398. The summed E-state index contributed by atoms with van der Waals surface area (Å²) in [5.74, 6) is 0. The van der Waals surface area contributed by atoms with Crippen LogP contribution < -0.4 is 0 Å². The third-order valence-corrected chi connectivity index (χ3v) is 1.01. The third-order valence-electron chi connectivity index (χ3n) is 1.01. The van der Waals surface area contributed by atoms with Crippen LogP contribution in [0.3, 0.4) is 0 Å². The lowest BCUT2D eigenvalue weighted by Crippen LogP contribution is -2.03. The van der Waals surface area contributed by atoms with Crippen LogP contribution in [0.2, 0.25) is 0 Å². The second-order valence-electron chi connectivity index (χ2n) is 1.87. The summed E-state index contributed by atoms with van der Waals surface area (Å²) < 4.78 is 14.9. The first kappa shape index (κ1) is 9.88. The second-order valence-corrected chi connectivity index (χ2v) is 1.87. The zero-order valence-corrected chi connectivity index (χ0v) is 6.76. The topological polar surface area (TPSA) is 27.7 Å². The van der Waals surface area contributed by atoms with Gasteiger partial charge >= 0.3 is 0 Å². The summed E-state index contributed by atoms with van der Waals surface area (Å²) in [5.41, 5.74) is 0. The van der Waals surface area contributed by atoms with Gasteiger partial charge in [0.15, 0.2) is 0 Å². The number of hydrogen-bond donors (Lipinski definition) is 0. The van der Waals surface area contributed by atoms with Gasteiger partial charge in [0.05, 0.1) is 6.61 Å². The molecule has 0 saturated carbocycles. The van der Waals surface area contributed by atoms with E-state index >= 15 is 0 Å². The lowest BCUT2D eigenvalue weighted by Gasteiger charge is -2.02. The SMILES string of the molecule is CCOCOCCCOC. The molecule has 10 heavy (non-hydrogen) atoms. The van der Waals surface area contributed by atoms with Crippen molar-refractivity contribution in [1.82, 2.24) is 0 Å². The molecule has 0 aromatic carbocycles. The summed E-state index contributed by atoms with van der Waals surface area (Å²) in [7, 11) is 1.68. The fourth-order valence-electron chi connectivity index (χ4n) is 0.507. The van der Waals surface area contributed by atoms with Crippen LogP contribution in [0.1, 0.15) is 13.3 Å². The van der Waals surface area contributed by atoms with Crippen LogP contribution in [0, 0.1) is 0 Å². The lowest BCUT2D eigenvalue weighted by atomic mass is 10.5. The lowest BCUT2D eigenvalue weighted by molar-refractivity contribution is -0.0530. The van der Waals surface area contributed by atoms with Crippen molar-refractivity contribution in [2.75, 3.05) is 33.7 Å².